The van der Waals surface area contributed by atoms with E-state index in [0.29, 0.717) is 17.9 Å². The Morgan fingerprint density at radius 2 is 1.51 bits per heavy atom. The molecule has 3 nitrogen and oxygen atoms in total. The number of hydrogen-bond acceptors (Lipinski definition) is 3. The first-order valence-electron chi connectivity index (χ1n) is 10.2. The number of para-hydroxylation sites is 1. The molecule has 1 heterocycles. The summed E-state index contributed by atoms with van der Waals surface area (Å²) in [7, 11) is 0. The summed E-state index contributed by atoms with van der Waals surface area (Å²) in [6.07, 6.45) is -12.8. The first-order chi connectivity index (χ1) is 16.3. The van der Waals surface area contributed by atoms with Gasteiger partial charge in [-0.15, -0.1) is 0 Å². The van der Waals surface area contributed by atoms with Gasteiger partial charge in [-0.1, -0.05) is 36.4 Å². The highest BCUT2D eigenvalue weighted by Crippen LogP contribution is 2.45. The molecule has 0 N–H and O–H groups in total. The van der Waals surface area contributed by atoms with Crippen molar-refractivity contribution >= 4 is 5.69 Å². The summed E-state index contributed by atoms with van der Waals surface area (Å²) < 4.78 is 117. The summed E-state index contributed by atoms with van der Waals surface area (Å²) in [6, 6.07) is 16.2. The minimum atomic E-state index is -5.82. The highest BCUT2D eigenvalue weighted by molar-refractivity contribution is 5.64. The molecule has 0 saturated carbocycles. The van der Waals surface area contributed by atoms with Crippen molar-refractivity contribution in [3.63, 3.8) is 0 Å². The number of rotatable bonds is 5. The van der Waals surface area contributed by atoms with Crippen molar-refractivity contribution in [3.8, 4) is 17.2 Å². The Bertz CT molecular complexity index is 1180. The Kier molecular flexibility index (Phi) is 6.29. The fourth-order valence-electron chi connectivity index (χ4n) is 3.59. The SMILES string of the molecule is FC(F)(F)[C@H]1CN(Cc2cccc(C(F)(F)C(F)(F)F)c2)c2cc(Oc3ccccc3)ccc2O1. The zero-order valence-corrected chi connectivity index (χ0v) is 17.7. The monoisotopic (exact) mass is 503 g/mol. The summed E-state index contributed by atoms with van der Waals surface area (Å²) >= 11 is 0. The van der Waals surface area contributed by atoms with Crippen LogP contribution in [0.25, 0.3) is 0 Å². The van der Waals surface area contributed by atoms with Gasteiger partial charge < -0.3 is 14.4 Å². The van der Waals surface area contributed by atoms with Crippen molar-refractivity contribution in [2.75, 3.05) is 11.4 Å². The lowest BCUT2D eigenvalue weighted by atomic mass is 10.0. The maximum Gasteiger partial charge on any atom is 0.458 e. The molecule has 1 aliphatic rings. The minimum absolute atomic E-state index is 0.0328. The maximum absolute atomic E-state index is 13.8. The molecule has 0 fully saturated rings. The molecule has 35 heavy (non-hydrogen) atoms. The fraction of sp³-hybridized carbons (Fsp3) is 0.250. The van der Waals surface area contributed by atoms with Gasteiger partial charge in [0, 0.05) is 18.2 Å². The van der Waals surface area contributed by atoms with E-state index in [0.717, 1.165) is 6.07 Å². The molecule has 1 aliphatic heterocycles. The number of halogens is 8. The van der Waals surface area contributed by atoms with E-state index in [-0.39, 0.29) is 29.3 Å². The number of fused-ring (bicyclic) bond motifs is 1. The van der Waals surface area contributed by atoms with Crippen LogP contribution in [0.4, 0.5) is 40.8 Å². The van der Waals surface area contributed by atoms with Crippen LogP contribution in [0.5, 0.6) is 17.2 Å². The van der Waals surface area contributed by atoms with Gasteiger partial charge in [-0.2, -0.15) is 35.1 Å². The molecule has 4 rings (SSSR count). The second-order valence-electron chi connectivity index (χ2n) is 7.85. The smallest absolute Gasteiger partial charge is 0.458 e. The van der Waals surface area contributed by atoms with Crippen LogP contribution in [0, 0.1) is 0 Å². The molecule has 11 heteroatoms. The molecule has 0 aliphatic carbocycles. The van der Waals surface area contributed by atoms with E-state index in [4.69, 9.17) is 9.47 Å². The van der Waals surface area contributed by atoms with Crippen molar-refractivity contribution in [1.82, 2.24) is 0 Å². The van der Waals surface area contributed by atoms with E-state index in [1.54, 1.807) is 30.3 Å². The van der Waals surface area contributed by atoms with Crippen molar-refractivity contribution in [1.29, 1.82) is 0 Å². The lowest BCUT2D eigenvalue weighted by Crippen LogP contribution is -2.47. The van der Waals surface area contributed by atoms with Gasteiger partial charge in [-0.25, -0.2) is 0 Å². The Hall–Kier alpha value is -3.50. The van der Waals surface area contributed by atoms with Crippen LogP contribution in [-0.2, 0) is 12.5 Å². The van der Waals surface area contributed by atoms with Crippen LogP contribution in [0.2, 0.25) is 0 Å². The molecule has 3 aromatic rings. The summed E-state index contributed by atoms with van der Waals surface area (Å²) in [4.78, 5) is 1.21. The van der Waals surface area contributed by atoms with E-state index in [2.05, 4.69) is 0 Å². The topological polar surface area (TPSA) is 21.7 Å². The summed E-state index contributed by atoms with van der Waals surface area (Å²) in [5.41, 5.74) is -1.16. The quantitative estimate of drug-likeness (QED) is 0.338. The largest absolute Gasteiger partial charge is 0.477 e. The summed E-state index contributed by atoms with van der Waals surface area (Å²) in [6.45, 7) is -1.08. The van der Waals surface area contributed by atoms with Crippen LogP contribution in [0.1, 0.15) is 11.1 Å². The van der Waals surface area contributed by atoms with E-state index < -0.39 is 36.5 Å². The Morgan fingerprint density at radius 3 is 2.17 bits per heavy atom. The second-order valence-corrected chi connectivity index (χ2v) is 7.85. The third kappa shape index (κ3) is 5.28. The molecule has 186 valence electrons. The van der Waals surface area contributed by atoms with E-state index in [1.165, 1.54) is 29.2 Å². The van der Waals surface area contributed by atoms with Crippen molar-refractivity contribution in [2.45, 2.75) is 30.9 Å². The normalized spacial score (nSPS) is 16.5. The zero-order valence-electron chi connectivity index (χ0n) is 17.7. The molecule has 0 aromatic heterocycles. The van der Waals surface area contributed by atoms with E-state index >= 15 is 0 Å². The van der Waals surface area contributed by atoms with Gasteiger partial charge in [0.2, 0.25) is 6.10 Å². The number of nitrogens with zero attached hydrogens (tertiary/aromatic N) is 1. The molecule has 0 amide bonds. The molecule has 0 spiro atoms. The summed E-state index contributed by atoms with van der Waals surface area (Å²) in [5.74, 6) is -4.51. The average molecular weight is 503 g/mol. The molecule has 0 unspecified atom stereocenters. The predicted molar refractivity (Wildman–Crippen MR) is 111 cm³/mol. The van der Waals surface area contributed by atoms with Gasteiger partial charge in [-0.05, 0) is 35.9 Å². The highest BCUT2D eigenvalue weighted by Gasteiger charge is 2.58. The Morgan fingerprint density at radius 1 is 0.800 bits per heavy atom. The van der Waals surface area contributed by atoms with Crippen LogP contribution in [-0.4, -0.2) is 25.0 Å². The van der Waals surface area contributed by atoms with E-state index in [9.17, 15) is 35.1 Å². The number of anilines is 1. The first-order valence-corrected chi connectivity index (χ1v) is 10.2. The molecule has 1 atom stereocenters. The standard InChI is InChI=1S/C24H17F8NO2/c25-22(26,24(30,31)32)16-6-4-5-15(11-16)13-33-14-21(23(27,28)29)35-20-10-9-18(12-19(20)33)34-17-7-2-1-3-8-17/h1-12,21H,13-14H2/t21-/m1/s1. The van der Waals surface area contributed by atoms with Gasteiger partial charge >= 0.3 is 18.3 Å². The third-order valence-electron chi connectivity index (χ3n) is 5.29. The van der Waals surface area contributed by atoms with Crippen molar-refractivity contribution < 1.29 is 44.6 Å². The van der Waals surface area contributed by atoms with Crippen LogP contribution < -0.4 is 14.4 Å². The molecule has 0 radical (unpaired) electrons. The van der Waals surface area contributed by atoms with Gasteiger partial charge in [0.05, 0.1) is 12.2 Å². The molecule has 0 bridgehead atoms. The molecular formula is C24H17F8NO2. The van der Waals surface area contributed by atoms with Crippen LogP contribution in [0.15, 0.2) is 72.8 Å². The second kappa shape index (κ2) is 8.94. The van der Waals surface area contributed by atoms with Gasteiger partial charge in [0.25, 0.3) is 0 Å². The lowest BCUT2D eigenvalue weighted by Gasteiger charge is -2.37. The number of hydrogen-bond donors (Lipinski definition) is 0. The molecule has 0 saturated heterocycles. The number of benzene rings is 3. The highest BCUT2D eigenvalue weighted by atomic mass is 19.4. The lowest BCUT2D eigenvalue weighted by molar-refractivity contribution is -0.289. The minimum Gasteiger partial charge on any atom is -0.477 e. The van der Waals surface area contributed by atoms with Gasteiger partial charge in [0.1, 0.15) is 17.2 Å². The molecular weight excluding hydrogens is 486 g/mol. The number of alkyl halides is 8. The Balaban J connectivity index is 1.67. The number of ether oxygens (including phenoxy) is 2. The van der Waals surface area contributed by atoms with Gasteiger partial charge in [-0.3, -0.25) is 0 Å². The van der Waals surface area contributed by atoms with Crippen molar-refractivity contribution in [2.24, 2.45) is 0 Å². The predicted octanol–water partition coefficient (Wildman–Crippen LogP) is 7.46. The maximum atomic E-state index is 13.8. The van der Waals surface area contributed by atoms with Crippen molar-refractivity contribution in [3.05, 3.63) is 83.9 Å². The van der Waals surface area contributed by atoms with Gasteiger partial charge in [0.15, 0.2) is 0 Å². The van der Waals surface area contributed by atoms with E-state index in [1.807, 2.05) is 0 Å². The van der Waals surface area contributed by atoms with Crippen LogP contribution in [0.3, 0.4) is 0 Å². The first kappa shape index (κ1) is 24.6. The molecule has 3 aromatic carbocycles. The third-order valence-corrected chi connectivity index (χ3v) is 5.29. The van der Waals surface area contributed by atoms with Crippen LogP contribution >= 0.6 is 0 Å². The Labute approximate surface area is 194 Å². The summed E-state index contributed by atoms with van der Waals surface area (Å²) in [5, 5.41) is 0. The fourth-order valence-corrected chi connectivity index (χ4v) is 3.59. The zero-order chi connectivity index (χ0) is 25.4. The average Bonchev–Trinajstić information content (AvgIpc) is 2.79.